The van der Waals surface area contributed by atoms with Crippen LogP contribution in [-0.2, 0) is 4.79 Å². The van der Waals surface area contributed by atoms with Crippen molar-refractivity contribution in [2.24, 2.45) is 5.92 Å². The zero-order valence-corrected chi connectivity index (χ0v) is 12.5. The molecule has 1 saturated carbocycles. The van der Waals surface area contributed by atoms with Crippen LogP contribution < -0.4 is 10.6 Å². The van der Waals surface area contributed by atoms with Gasteiger partial charge in [-0.3, -0.25) is 9.69 Å². The lowest BCUT2D eigenvalue weighted by molar-refractivity contribution is -0.117. The minimum Gasteiger partial charge on any atom is -0.314 e. The van der Waals surface area contributed by atoms with Crippen molar-refractivity contribution in [3.8, 4) is 0 Å². The van der Waals surface area contributed by atoms with Gasteiger partial charge in [0.1, 0.15) is 0 Å². The summed E-state index contributed by atoms with van der Waals surface area (Å²) in [5.41, 5.74) is 0. The summed E-state index contributed by atoms with van der Waals surface area (Å²) in [5, 5.41) is 9.06. The first-order chi connectivity index (χ1) is 9.79. The number of carbonyl (C=O) groups excluding carboxylic acids is 1. The summed E-state index contributed by atoms with van der Waals surface area (Å²) in [6.07, 6.45) is 6.82. The van der Waals surface area contributed by atoms with E-state index in [1.54, 1.807) is 6.20 Å². The lowest BCUT2D eigenvalue weighted by atomic mass is 10.0. The first-order valence-electron chi connectivity index (χ1n) is 7.44. The Kier molecular flexibility index (Phi) is 4.65. The minimum atomic E-state index is 0.0457. The number of thiazole rings is 1. The topological polar surface area (TPSA) is 57.3 Å². The van der Waals surface area contributed by atoms with Crippen molar-refractivity contribution in [2.45, 2.75) is 31.7 Å². The molecule has 1 aromatic rings. The Morgan fingerprint density at radius 3 is 2.80 bits per heavy atom. The van der Waals surface area contributed by atoms with Crippen LogP contribution >= 0.6 is 11.3 Å². The monoisotopic (exact) mass is 294 g/mol. The van der Waals surface area contributed by atoms with E-state index in [2.05, 4.69) is 20.5 Å². The number of nitrogens with one attached hydrogen (secondary N) is 2. The Hall–Kier alpha value is -0.980. The van der Waals surface area contributed by atoms with Gasteiger partial charge in [0.15, 0.2) is 5.13 Å². The highest BCUT2D eigenvalue weighted by molar-refractivity contribution is 7.13. The lowest BCUT2D eigenvalue weighted by Crippen LogP contribution is -2.45. The van der Waals surface area contributed by atoms with Gasteiger partial charge in [0, 0.05) is 30.7 Å². The summed E-state index contributed by atoms with van der Waals surface area (Å²) in [6, 6.07) is 0.647. The maximum Gasteiger partial charge on any atom is 0.240 e. The van der Waals surface area contributed by atoms with Gasteiger partial charge >= 0.3 is 0 Å². The summed E-state index contributed by atoms with van der Waals surface area (Å²) < 4.78 is 0. The molecule has 3 rings (SSSR count). The molecule has 0 unspecified atom stereocenters. The van der Waals surface area contributed by atoms with E-state index < -0.39 is 0 Å². The Morgan fingerprint density at radius 1 is 1.35 bits per heavy atom. The summed E-state index contributed by atoms with van der Waals surface area (Å²) in [6.45, 7) is 3.69. The van der Waals surface area contributed by atoms with Gasteiger partial charge in [0.25, 0.3) is 0 Å². The number of anilines is 1. The van der Waals surface area contributed by atoms with Gasteiger partial charge in [-0.15, -0.1) is 11.3 Å². The largest absolute Gasteiger partial charge is 0.314 e. The van der Waals surface area contributed by atoms with Crippen LogP contribution in [0.1, 0.15) is 25.7 Å². The van der Waals surface area contributed by atoms with Crippen molar-refractivity contribution >= 4 is 22.4 Å². The van der Waals surface area contributed by atoms with Crippen molar-refractivity contribution in [2.75, 3.05) is 31.5 Å². The first kappa shape index (κ1) is 14.0. The molecular formula is C14H22N4OS. The van der Waals surface area contributed by atoms with Crippen molar-refractivity contribution in [1.82, 2.24) is 15.2 Å². The van der Waals surface area contributed by atoms with Crippen LogP contribution in [0.5, 0.6) is 0 Å². The van der Waals surface area contributed by atoms with Crippen LogP contribution in [0, 0.1) is 5.92 Å². The van der Waals surface area contributed by atoms with E-state index in [1.807, 2.05) is 5.38 Å². The zero-order valence-electron chi connectivity index (χ0n) is 11.7. The molecule has 1 aliphatic carbocycles. The Labute approximate surface area is 123 Å². The predicted molar refractivity (Wildman–Crippen MR) is 80.9 cm³/mol. The number of amides is 1. The van der Waals surface area contributed by atoms with E-state index in [1.165, 1.54) is 30.7 Å². The molecule has 1 amide bonds. The maximum absolute atomic E-state index is 11.9. The maximum atomic E-state index is 11.9. The highest BCUT2D eigenvalue weighted by Crippen LogP contribution is 2.28. The van der Waals surface area contributed by atoms with Gasteiger partial charge in [-0.2, -0.15) is 0 Å². The van der Waals surface area contributed by atoms with Crippen LogP contribution in [-0.4, -0.2) is 48.0 Å². The fraction of sp³-hybridized carbons (Fsp3) is 0.714. The molecular weight excluding hydrogens is 272 g/mol. The number of hydrogen-bond donors (Lipinski definition) is 2. The van der Waals surface area contributed by atoms with Crippen molar-refractivity contribution < 1.29 is 4.79 Å². The Balaban J connectivity index is 1.34. The van der Waals surface area contributed by atoms with Crippen LogP contribution in [0.25, 0.3) is 0 Å². The molecule has 0 radical (unpaired) electrons. The number of carbonyl (C=O) groups is 1. The fourth-order valence-electron chi connectivity index (χ4n) is 2.60. The van der Waals surface area contributed by atoms with Gasteiger partial charge in [0.2, 0.25) is 5.91 Å². The number of rotatable bonds is 6. The molecule has 2 fully saturated rings. The van der Waals surface area contributed by atoms with Crippen molar-refractivity contribution in [3.63, 3.8) is 0 Å². The first-order valence-corrected chi connectivity index (χ1v) is 8.32. The second-order valence-electron chi connectivity index (χ2n) is 5.79. The fourth-order valence-corrected chi connectivity index (χ4v) is 3.14. The molecule has 1 saturated heterocycles. The third-order valence-corrected chi connectivity index (χ3v) is 4.71. The SMILES string of the molecule is O=C(CN1CCC(NCC2CC2)CC1)Nc1nccs1. The second kappa shape index (κ2) is 6.65. The number of likely N-dealkylation sites (tertiary alicyclic amines) is 1. The Morgan fingerprint density at radius 2 is 2.15 bits per heavy atom. The number of aromatic nitrogens is 1. The van der Waals surface area contributed by atoms with Gasteiger partial charge in [-0.25, -0.2) is 4.98 Å². The molecule has 2 N–H and O–H groups in total. The highest BCUT2D eigenvalue weighted by atomic mass is 32.1. The quantitative estimate of drug-likeness (QED) is 0.836. The van der Waals surface area contributed by atoms with Crippen LogP contribution in [0.3, 0.4) is 0 Å². The molecule has 0 spiro atoms. The minimum absolute atomic E-state index is 0.0457. The number of piperidine rings is 1. The summed E-state index contributed by atoms with van der Waals surface area (Å²) in [4.78, 5) is 18.2. The molecule has 5 nitrogen and oxygen atoms in total. The number of hydrogen-bond acceptors (Lipinski definition) is 5. The molecule has 1 aromatic heterocycles. The third kappa shape index (κ3) is 4.26. The van der Waals surface area contributed by atoms with E-state index in [4.69, 9.17) is 0 Å². The summed E-state index contributed by atoms with van der Waals surface area (Å²) in [5.74, 6) is 0.987. The highest BCUT2D eigenvalue weighted by Gasteiger charge is 2.24. The van der Waals surface area contributed by atoms with Gasteiger partial charge < -0.3 is 10.6 Å². The lowest BCUT2D eigenvalue weighted by Gasteiger charge is -2.31. The standard InChI is InChI=1S/C14H22N4OS/c19-13(17-14-15-5-8-20-14)10-18-6-3-12(4-7-18)16-9-11-1-2-11/h5,8,11-12,16H,1-4,6-7,9-10H2,(H,15,17,19). The van der Waals surface area contributed by atoms with Gasteiger partial charge in [-0.05, 0) is 38.1 Å². The molecule has 2 aliphatic rings. The van der Waals surface area contributed by atoms with Crippen molar-refractivity contribution in [3.05, 3.63) is 11.6 Å². The van der Waals surface area contributed by atoms with Crippen LogP contribution in [0.4, 0.5) is 5.13 Å². The average Bonchev–Trinajstić information content (AvgIpc) is 3.14. The molecule has 110 valence electrons. The van der Waals surface area contributed by atoms with E-state index >= 15 is 0 Å². The molecule has 0 aromatic carbocycles. The Bertz CT molecular complexity index is 424. The van der Waals surface area contributed by atoms with E-state index in [-0.39, 0.29) is 5.91 Å². The molecule has 2 heterocycles. The van der Waals surface area contributed by atoms with Crippen molar-refractivity contribution in [1.29, 1.82) is 0 Å². The third-order valence-electron chi connectivity index (χ3n) is 4.03. The molecule has 1 aliphatic heterocycles. The number of nitrogens with zero attached hydrogens (tertiary/aromatic N) is 2. The summed E-state index contributed by atoms with van der Waals surface area (Å²) in [7, 11) is 0. The van der Waals surface area contributed by atoms with Crippen LogP contribution in [0.15, 0.2) is 11.6 Å². The molecule has 0 atom stereocenters. The predicted octanol–water partition coefficient (Wildman–Crippen LogP) is 1.55. The van der Waals surface area contributed by atoms with E-state index in [9.17, 15) is 4.79 Å². The van der Waals surface area contributed by atoms with Gasteiger partial charge in [-0.1, -0.05) is 0 Å². The average molecular weight is 294 g/mol. The van der Waals surface area contributed by atoms with Crippen LogP contribution in [0.2, 0.25) is 0 Å². The smallest absolute Gasteiger partial charge is 0.240 e. The molecule has 0 bridgehead atoms. The molecule has 20 heavy (non-hydrogen) atoms. The second-order valence-corrected chi connectivity index (χ2v) is 6.68. The normalized spacial score (nSPS) is 21.0. The summed E-state index contributed by atoms with van der Waals surface area (Å²) >= 11 is 1.46. The zero-order chi connectivity index (χ0) is 13.8. The van der Waals surface area contributed by atoms with Gasteiger partial charge in [0.05, 0.1) is 6.54 Å². The molecule has 6 heteroatoms. The van der Waals surface area contributed by atoms with E-state index in [0.29, 0.717) is 17.7 Å². The van der Waals surface area contributed by atoms with E-state index in [0.717, 1.165) is 31.8 Å².